The summed E-state index contributed by atoms with van der Waals surface area (Å²) in [6.45, 7) is 17.1. The first-order valence-electron chi connectivity index (χ1n) is 16.9. The molecule has 0 radical (unpaired) electrons. The lowest BCUT2D eigenvalue weighted by atomic mass is 10.1. The van der Waals surface area contributed by atoms with Gasteiger partial charge in [0.15, 0.2) is 25.7 Å². The van der Waals surface area contributed by atoms with E-state index in [9.17, 15) is 4.79 Å². The summed E-state index contributed by atoms with van der Waals surface area (Å²) < 4.78 is 49.6. The van der Waals surface area contributed by atoms with Crippen molar-refractivity contribution in [1.29, 1.82) is 0 Å². The van der Waals surface area contributed by atoms with Crippen molar-refractivity contribution in [2.75, 3.05) is 30.5 Å². The standard InChI is InChI=1S/C37H45F2N7O4Si/c1-9-48-25-17-28(38)27(29(39)18-25)22-46-31-14-11-10-13-26(31)34(45-46)36-41-21-32(49-15-12-16-50-51(7,8)37(4,5)6)35(44-36)43-30-19-33(42-24(3)47)40-20-23(30)2/h10-11,13-14,17-21H,9,12,15-16,22H2,1-8H3,(H2,40,41,42,43,44,47). The van der Waals surface area contributed by atoms with Crippen LogP contribution >= 0.6 is 0 Å². The highest BCUT2D eigenvalue weighted by atomic mass is 28.4. The van der Waals surface area contributed by atoms with Gasteiger partial charge in [-0.05, 0) is 43.6 Å². The maximum atomic E-state index is 15.1. The van der Waals surface area contributed by atoms with Crippen molar-refractivity contribution in [1.82, 2.24) is 24.7 Å². The lowest BCUT2D eigenvalue weighted by molar-refractivity contribution is -0.114. The summed E-state index contributed by atoms with van der Waals surface area (Å²) in [7, 11) is -1.91. The molecule has 0 fully saturated rings. The van der Waals surface area contributed by atoms with Crippen LogP contribution in [0.2, 0.25) is 18.1 Å². The Bertz CT molecular complexity index is 2010. The fourth-order valence-electron chi connectivity index (χ4n) is 5.04. The maximum absolute atomic E-state index is 15.1. The topological polar surface area (TPSA) is 125 Å². The number of hydrogen-bond acceptors (Lipinski definition) is 9. The summed E-state index contributed by atoms with van der Waals surface area (Å²) in [6, 6.07) is 11.4. The molecule has 5 rings (SSSR count). The molecule has 0 bridgehead atoms. The van der Waals surface area contributed by atoms with Gasteiger partial charge < -0.3 is 24.5 Å². The van der Waals surface area contributed by atoms with E-state index in [1.165, 1.54) is 23.7 Å². The van der Waals surface area contributed by atoms with Crippen LogP contribution in [0.5, 0.6) is 11.5 Å². The Morgan fingerprint density at radius 1 is 1.00 bits per heavy atom. The second-order valence-electron chi connectivity index (χ2n) is 13.7. The normalized spacial score (nSPS) is 11.9. The maximum Gasteiger partial charge on any atom is 0.222 e. The lowest BCUT2D eigenvalue weighted by Crippen LogP contribution is -2.41. The van der Waals surface area contributed by atoms with E-state index >= 15 is 8.78 Å². The van der Waals surface area contributed by atoms with Crippen LogP contribution in [-0.4, -0.2) is 58.8 Å². The van der Waals surface area contributed by atoms with Gasteiger partial charge in [-0.3, -0.25) is 9.48 Å². The quantitative estimate of drug-likeness (QED) is 0.0860. The number of aryl methyl sites for hydroxylation is 1. The molecule has 0 atom stereocenters. The van der Waals surface area contributed by atoms with Crippen molar-refractivity contribution in [2.24, 2.45) is 0 Å². The fraction of sp³-hybridized carbons (Fsp3) is 0.378. The van der Waals surface area contributed by atoms with Crippen LogP contribution in [-0.2, 0) is 15.8 Å². The Balaban J connectivity index is 1.49. The minimum absolute atomic E-state index is 0.0980. The fourth-order valence-corrected chi connectivity index (χ4v) is 6.13. The second-order valence-corrected chi connectivity index (χ2v) is 18.5. The van der Waals surface area contributed by atoms with Gasteiger partial charge in [-0.15, -0.1) is 0 Å². The molecule has 11 nitrogen and oxygen atoms in total. The van der Waals surface area contributed by atoms with E-state index in [1.54, 1.807) is 25.4 Å². The average molecular weight is 718 g/mol. The summed E-state index contributed by atoms with van der Waals surface area (Å²) >= 11 is 0. The van der Waals surface area contributed by atoms with Crippen LogP contribution in [0, 0.1) is 18.6 Å². The third-order valence-electron chi connectivity index (χ3n) is 8.83. The Kier molecular flexibility index (Phi) is 11.4. The van der Waals surface area contributed by atoms with Gasteiger partial charge >= 0.3 is 0 Å². The first kappa shape index (κ1) is 37.3. The third kappa shape index (κ3) is 8.86. The van der Waals surface area contributed by atoms with E-state index in [2.05, 4.69) is 54.5 Å². The molecular weight excluding hydrogens is 673 g/mol. The molecule has 51 heavy (non-hydrogen) atoms. The van der Waals surface area contributed by atoms with E-state index in [0.29, 0.717) is 59.3 Å². The second kappa shape index (κ2) is 15.5. The molecule has 0 saturated carbocycles. The van der Waals surface area contributed by atoms with Gasteiger partial charge in [-0.25, -0.2) is 23.7 Å². The summed E-state index contributed by atoms with van der Waals surface area (Å²) in [4.78, 5) is 25.5. The zero-order chi connectivity index (χ0) is 36.9. The molecule has 5 aromatic rings. The number of rotatable bonds is 14. The number of ether oxygens (including phenoxy) is 2. The van der Waals surface area contributed by atoms with Crippen LogP contribution in [0.1, 0.15) is 52.2 Å². The molecule has 0 unspecified atom stereocenters. The molecule has 0 saturated heterocycles. The van der Waals surface area contributed by atoms with Gasteiger partial charge in [0.2, 0.25) is 5.91 Å². The first-order valence-corrected chi connectivity index (χ1v) is 19.8. The van der Waals surface area contributed by atoms with Gasteiger partial charge in [0.05, 0.1) is 31.5 Å². The third-order valence-corrected chi connectivity index (χ3v) is 13.4. The van der Waals surface area contributed by atoms with E-state index in [4.69, 9.17) is 24.0 Å². The Hall–Kier alpha value is -4.95. The summed E-state index contributed by atoms with van der Waals surface area (Å²) in [5.74, 6) is -0.208. The molecule has 2 N–H and O–H groups in total. The Labute approximate surface area is 297 Å². The van der Waals surface area contributed by atoms with Gasteiger partial charge in [0.1, 0.15) is 28.9 Å². The van der Waals surface area contributed by atoms with Crippen LogP contribution in [0.15, 0.2) is 54.9 Å². The monoisotopic (exact) mass is 717 g/mol. The molecule has 0 spiro atoms. The molecule has 0 aliphatic carbocycles. The number of para-hydroxylation sites is 1. The zero-order valence-corrected chi connectivity index (χ0v) is 31.4. The van der Waals surface area contributed by atoms with Gasteiger partial charge in [0, 0.05) is 61.0 Å². The Morgan fingerprint density at radius 3 is 2.41 bits per heavy atom. The number of anilines is 3. The SMILES string of the molecule is CCOc1cc(F)c(Cn2nc(-c3ncc(OCCCO[Si](C)(C)C(C)(C)C)c(Nc4cc(NC(C)=O)ncc4C)n3)c3ccccc32)c(F)c1. The van der Waals surface area contributed by atoms with Gasteiger partial charge in [-0.2, -0.15) is 5.10 Å². The van der Waals surface area contributed by atoms with E-state index in [1.807, 2.05) is 31.2 Å². The van der Waals surface area contributed by atoms with Crippen molar-refractivity contribution in [3.05, 3.63) is 77.6 Å². The highest BCUT2D eigenvalue weighted by Gasteiger charge is 2.36. The first-order chi connectivity index (χ1) is 24.2. The summed E-state index contributed by atoms with van der Waals surface area (Å²) in [5.41, 5.74) is 2.35. The molecule has 2 aromatic carbocycles. The molecular formula is C37H45F2N7O4Si. The average Bonchev–Trinajstić information content (AvgIpc) is 3.42. The number of halogens is 2. The number of nitrogens with one attached hydrogen (secondary N) is 2. The zero-order valence-electron chi connectivity index (χ0n) is 30.4. The highest BCUT2D eigenvalue weighted by molar-refractivity contribution is 6.74. The van der Waals surface area contributed by atoms with E-state index in [0.717, 1.165) is 5.56 Å². The largest absolute Gasteiger partial charge is 0.494 e. The number of carbonyl (C=O) groups excluding carboxylic acids is 1. The van der Waals surface area contributed by atoms with Crippen molar-refractivity contribution >= 4 is 42.5 Å². The predicted molar refractivity (Wildman–Crippen MR) is 197 cm³/mol. The lowest BCUT2D eigenvalue weighted by Gasteiger charge is -2.36. The molecule has 1 amide bonds. The van der Waals surface area contributed by atoms with Crippen LogP contribution < -0.4 is 20.1 Å². The van der Waals surface area contributed by atoms with Crippen LogP contribution in [0.3, 0.4) is 0 Å². The number of hydrogen-bond donors (Lipinski definition) is 2. The smallest absolute Gasteiger partial charge is 0.222 e. The van der Waals surface area contributed by atoms with Gasteiger partial charge in [0.25, 0.3) is 0 Å². The number of fused-ring (bicyclic) bond motifs is 1. The highest BCUT2D eigenvalue weighted by Crippen LogP contribution is 2.37. The molecule has 14 heteroatoms. The van der Waals surface area contributed by atoms with Crippen molar-refractivity contribution in [2.45, 2.75) is 72.6 Å². The predicted octanol–water partition coefficient (Wildman–Crippen LogP) is 8.41. The van der Waals surface area contributed by atoms with Gasteiger partial charge in [-0.1, -0.05) is 39.0 Å². The summed E-state index contributed by atoms with van der Waals surface area (Å²) in [6.07, 6.45) is 3.87. The molecule has 3 heterocycles. The van der Waals surface area contributed by atoms with Crippen molar-refractivity contribution in [3.8, 4) is 23.0 Å². The number of amides is 1. The molecule has 0 aliphatic heterocycles. The molecule has 270 valence electrons. The number of carbonyl (C=O) groups is 1. The Morgan fingerprint density at radius 2 is 1.73 bits per heavy atom. The number of benzene rings is 2. The van der Waals surface area contributed by atoms with E-state index in [-0.39, 0.29) is 41.2 Å². The summed E-state index contributed by atoms with van der Waals surface area (Å²) in [5, 5.41) is 11.6. The van der Waals surface area contributed by atoms with Crippen molar-refractivity contribution < 1.29 is 27.5 Å². The molecule has 0 aliphatic rings. The minimum atomic E-state index is -1.91. The number of aromatic nitrogens is 5. The number of pyridine rings is 1. The van der Waals surface area contributed by atoms with Crippen LogP contribution in [0.25, 0.3) is 22.4 Å². The molecule has 3 aromatic heterocycles. The minimum Gasteiger partial charge on any atom is -0.494 e. The van der Waals surface area contributed by atoms with E-state index < -0.39 is 20.0 Å². The van der Waals surface area contributed by atoms with Crippen molar-refractivity contribution in [3.63, 3.8) is 0 Å². The van der Waals surface area contributed by atoms with Crippen LogP contribution in [0.4, 0.5) is 26.1 Å². The number of nitrogens with zero attached hydrogens (tertiary/aromatic N) is 5.